The molecule has 0 saturated heterocycles. The minimum absolute atomic E-state index is 0.0520. The molecule has 0 heterocycles. The van der Waals surface area contributed by atoms with Crippen molar-refractivity contribution in [2.75, 3.05) is 13.7 Å². The molecule has 1 rings (SSSR count). The number of amides is 1. The van der Waals surface area contributed by atoms with Crippen molar-refractivity contribution in [1.82, 2.24) is 5.32 Å². The lowest BCUT2D eigenvalue weighted by atomic mass is 10.1. The summed E-state index contributed by atoms with van der Waals surface area (Å²) in [5.74, 6) is 0.0807. The molecule has 0 aliphatic heterocycles. The lowest BCUT2D eigenvalue weighted by Gasteiger charge is -2.14. The Morgan fingerprint density at radius 1 is 1.62 bits per heavy atom. The van der Waals surface area contributed by atoms with Crippen LogP contribution in [0.4, 0.5) is 4.79 Å². The quantitative estimate of drug-likeness (QED) is 0.546. The molecular formula is C8H15NO4. The van der Waals surface area contributed by atoms with E-state index in [9.17, 15) is 9.90 Å². The summed E-state index contributed by atoms with van der Waals surface area (Å²) in [5, 5.41) is 20.8. The average Bonchev–Trinajstić information content (AvgIpc) is 2.47. The van der Waals surface area contributed by atoms with Gasteiger partial charge in [-0.15, -0.1) is 0 Å². The molecule has 3 atom stereocenters. The highest BCUT2D eigenvalue weighted by molar-refractivity contribution is 5.67. The van der Waals surface area contributed by atoms with Gasteiger partial charge in [0.2, 0.25) is 0 Å². The average molecular weight is 189 g/mol. The summed E-state index contributed by atoms with van der Waals surface area (Å²) < 4.78 is 4.41. The molecule has 5 nitrogen and oxygen atoms in total. The van der Waals surface area contributed by atoms with E-state index in [0.29, 0.717) is 12.8 Å². The van der Waals surface area contributed by atoms with Crippen LogP contribution in [0.25, 0.3) is 0 Å². The fraction of sp³-hybridized carbons (Fsp3) is 0.875. The van der Waals surface area contributed by atoms with Crippen LogP contribution in [0.2, 0.25) is 0 Å². The fourth-order valence-electron chi connectivity index (χ4n) is 1.63. The molecule has 0 aromatic heterocycles. The topological polar surface area (TPSA) is 78.8 Å². The molecule has 5 heteroatoms. The minimum atomic E-state index is -0.573. The van der Waals surface area contributed by atoms with E-state index >= 15 is 0 Å². The van der Waals surface area contributed by atoms with Crippen molar-refractivity contribution in [2.24, 2.45) is 5.92 Å². The molecular weight excluding hydrogens is 174 g/mol. The molecule has 0 radical (unpaired) electrons. The van der Waals surface area contributed by atoms with Gasteiger partial charge in [0.1, 0.15) is 0 Å². The van der Waals surface area contributed by atoms with E-state index in [2.05, 4.69) is 10.1 Å². The first-order chi connectivity index (χ1) is 6.17. The SMILES string of the molecule is COC(=O)N[C@@H]1C[C@H](CO)C[C@H]1O. The highest BCUT2D eigenvalue weighted by Crippen LogP contribution is 2.25. The highest BCUT2D eigenvalue weighted by Gasteiger charge is 2.33. The lowest BCUT2D eigenvalue weighted by Crippen LogP contribution is -2.39. The Bertz CT molecular complexity index is 185. The van der Waals surface area contributed by atoms with Crippen LogP contribution in [0.5, 0.6) is 0 Å². The molecule has 0 aromatic rings. The molecule has 1 amide bonds. The first-order valence-corrected chi connectivity index (χ1v) is 4.30. The summed E-state index contributed by atoms with van der Waals surface area (Å²) in [6, 6.07) is -0.287. The second-order valence-electron chi connectivity index (χ2n) is 3.33. The van der Waals surface area contributed by atoms with Crippen LogP contribution in [-0.2, 0) is 4.74 Å². The van der Waals surface area contributed by atoms with Crippen LogP contribution in [0.1, 0.15) is 12.8 Å². The number of methoxy groups -OCH3 is 1. The lowest BCUT2D eigenvalue weighted by molar-refractivity contribution is 0.127. The Kier molecular flexibility index (Phi) is 3.50. The summed E-state index contributed by atoms with van der Waals surface area (Å²) in [6.07, 6.45) is 0.0247. The van der Waals surface area contributed by atoms with Crippen LogP contribution < -0.4 is 5.32 Å². The molecule has 3 N–H and O–H groups in total. The van der Waals surface area contributed by atoms with Crippen LogP contribution in [0, 0.1) is 5.92 Å². The number of hydrogen-bond acceptors (Lipinski definition) is 4. The molecule has 1 aliphatic carbocycles. The first kappa shape index (κ1) is 10.3. The van der Waals surface area contributed by atoms with Gasteiger partial charge in [0.05, 0.1) is 19.3 Å². The Balaban J connectivity index is 2.38. The van der Waals surface area contributed by atoms with E-state index in [-0.39, 0.29) is 18.6 Å². The highest BCUT2D eigenvalue weighted by atomic mass is 16.5. The van der Waals surface area contributed by atoms with Gasteiger partial charge < -0.3 is 20.3 Å². The fourth-order valence-corrected chi connectivity index (χ4v) is 1.63. The van der Waals surface area contributed by atoms with E-state index in [1.165, 1.54) is 7.11 Å². The van der Waals surface area contributed by atoms with E-state index < -0.39 is 12.2 Å². The second kappa shape index (κ2) is 4.43. The summed E-state index contributed by atoms with van der Waals surface area (Å²) in [7, 11) is 1.28. The van der Waals surface area contributed by atoms with Gasteiger partial charge in [-0.3, -0.25) is 0 Å². The molecule has 0 unspecified atom stereocenters. The zero-order chi connectivity index (χ0) is 9.84. The Morgan fingerprint density at radius 2 is 2.31 bits per heavy atom. The second-order valence-corrected chi connectivity index (χ2v) is 3.33. The number of ether oxygens (including phenoxy) is 1. The first-order valence-electron chi connectivity index (χ1n) is 4.30. The number of carbonyl (C=O) groups excluding carboxylic acids is 1. The van der Waals surface area contributed by atoms with Crippen LogP contribution >= 0.6 is 0 Å². The van der Waals surface area contributed by atoms with Gasteiger partial charge in [-0.05, 0) is 18.8 Å². The van der Waals surface area contributed by atoms with Gasteiger partial charge >= 0.3 is 6.09 Å². The van der Waals surface area contributed by atoms with Crippen molar-refractivity contribution in [1.29, 1.82) is 0 Å². The monoisotopic (exact) mass is 189 g/mol. The number of aliphatic hydroxyl groups excluding tert-OH is 2. The van der Waals surface area contributed by atoms with Crippen molar-refractivity contribution < 1.29 is 19.7 Å². The number of carbonyl (C=O) groups is 1. The number of hydrogen-bond donors (Lipinski definition) is 3. The van der Waals surface area contributed by atoms with Crippen molar-refractivity contribution in [3.8, 4) is 0 Å². The summed E-state index contributed by atoms with van der Waals surface area (Å²) >= 11 is 0. The van der Waals surface area contributed by atoms with Crippen LogP contribution in [0.15, 0.2) is 0 Å². The number of alkyl carbamates (subject to hydrolysis) is 1. The number of rotatable bonds is 2. The minimum Gasteiger partial charge on any atom is -0.453 e. The maximum Gasteiger partial charge on any atom is 0.407 e. The van der Waals surface area contributed by atoms with Gasteiger partial charge in [0.25, 0.3) is 0 Å². The van der Waals surface area contributed by atoms with E-state index in [1.807, 2.05) is 0 Å². The van der Waals surface area contributed by atoms with Crippen LogP contribution in [-0.4, -0.2) is 42.2 Å². The van der Waals surface area contributed by atoms with Gasteiger partial charge in [0.15, 0.2) is 0 Å². The Labute approximate surface area is 76.7 Å². The predicted octanol–water partition coefficient (Wildman–Crippen LogP) is -0.526. The smallest absolute Gasteiger partial charge is 0.407 e. The van der Waals surface area contributed by atoms with Crippen LogP contribution in [0.3, 0.4) is 0 Å². The molecule has 1 aliphatic rings. The molecule has 0 bridgehead atoms. The molecule has 1 fully saturated rings. The summed E-state index contributed by atoms with van der Waals surface area (Å²) in [4.78, 5) is 10.8. The van der Waals surface area contributed by atoms with E-state index in [4.69, 9.17) is 5.11 Å². The Hall–Kier alpha value is -0.810. The van der Waals surface area contributed by atoms with Crippen molar-refractivity contribution in [3.63, 3.8) is 0 Å². The van der Waals surface area contributed by atoms with Crippen molar-refractivity contribution in [2.45, 2.75) is 25.0 Å². The number of nitrogens with one attached hydrogen (secondary N) is 1. The molecule has 0 spiro atoms. The number of aliphatic hydroxyl groups is 2. The summed E-state index contributed by atoms with van der Waals surface area (Å²) in [6.45, 7) is 0.0520. The van der Waals surface area contributed by atoms with E-state index in [1.54, 1.807) is 0 Å². The predicted molar refractivity (Wildman–Crippen MR) is 45.1 cm³/mol. The maximum atomic E-state index is 10.8. The Morgan fingerprint density at radius 3 is 2.77 bits per heavy atom. The molecule has 13 heavy (non-hydrogen) atoms. The standard InChI is InChI=1S/C8H15NO4/c1-13-8(12)9-6-2-5(4-10)3-7(6)11/h5-7,10-11H,2-4H2,1H3,(H,9,12)/t5-,6+,7+/m0/s1. The van der Waals surface area contributed by atoms with E-state index in [0.717, 1.165) is 0 Å². The van der Waals surface area contributed by atoms with Gasteiger partial charge in [-0.25, -0.2) is 4.79 Å². The summed E-state index contributed by atoms with van der Waals surface area (Å²) in [5.41, 5.74) is 0. The van der Waals surface area contributed by atoms with Crippen molar-refractivity contribution >= 4 is 6.09 Å². The third kappa shape index (κ3) is 2.57. The van der Waals surface area contributed by atoms with Gasteiger partial charge in [0, 0.05) is 6.61 Å². The van der Waals surface area contributed by atoms with Gasteiger partial charge in [-0.2, -0.15) is 0 Å². The zero-order valence-electron chi connectivity index (χ0n) is 7.56. The maximum absolute atomic E-state index is 10.8. The third-order valence-corrected chi connectivity index (χ3v) is 2.37. The zero-order valence-corrected chi connectivity index (χ0v) is 7.56. The van der Waals surface area contributed by atoms with Gasteiger partial charge in [-0.1, -0.05) is 0 Å². The molecule has 76 valence electrons. The third-order valence-electron chi connectivity index (χ3n) is 2.37. The largest absolute Gasteiger partial charge is 0.453 e. The molecule has 1 saturated carbocycles. The normalized spacial score (nSPS) is 33.0. The van der Waals surface area contributed by atoms with Crippen molar-refractivity contribution in [3.05, 3.63) is 0 Å². The molecule has 0 aromatic carbocycles.